The molecule has 4 heteroatoms. The first-order chi connectivity index (χ1) is 11.7. The van der Waals surface area contributed by atoms with Crippen molar-refractivity contribution < 1.29 is 0 Å². The molecule has 1 aliphatic carbocycles. The van der Waals surface area contributed by atoms with E-state index in [4.69, 9.17) is 23.2 Å². The number of benzene rings is 2. The summed E-state index contributed by atoms with van der Waals surface area (Å²) < 4.78 is 2.02. The Kier molecular flexibility index (Phi) is 4.34. The molecule has 2 nitrogen and oxygen atoms in total. The minimum absolute atomic E-state index is 0.0280. The molecule has 1 aromatic heterocycles. The Labute approximate surface area is 152 Å². The molecule has 4 rings (SSSR count). The summed E-state index contributed by atoms with van der Waals surface area (Å²) in [6.07, 6.45) is 6.72. The summed E-state index contributed by atoms with van der Waals surface area (Å²) in [5, 5.41) is 0.763. The first-order valence-corrected chi connectivity index (χ1v) is 9.03. The molecule has 0 spiro atoms. The molecule has 2 unspecified atom stereocenters. The predicted octanol–water partition coefficient (Wildman–Crippen LogP) is 5.27. The van der Waals surface area contributed by atoms with Crippen molar-refractivity contribution in [2.45, 2.75) is 30.7 Å². The molecule has 2 aromatic carbocycles. The second-order valence-electron chi connectivity index (χ2n) is 6.28. The molecule has 0 N–H and O–H groups in total. The van der Waals surface area contributed by atoms with Crippen molar-refractivity contribution in [2.24, 2.45) is 0 Å². The van der Waals surface area contributed by atoms with Crippen molar-refractivity contribution in [3.63, 3.8) is 0 Å². The molecule has 0 saturated carbocycles. The minimum atomic E-state index is 0.0280. The molecular weight excluding hydrogens is 339 g/mol. The summed E-state index contributed by atoms with van der Waals surface area (Å²) in [5.41, 5.74) is 5.20. The van der Waals surface area contributed by atoms with E-state index in [0.717, 1.165) is 19.3 Å². The SMILES string of the molecule is Clc1nccn1C(c1ccccc1)c1ccc2c(c1)CCC(Cl)C2. The third-order valence-electron chi connectivity index (χ3n) is 4.73. The van der Waals surface area contributed by atoms with E-state index in [9.17, 15) is 0 Å². The lowest BCUT2D eigenvalue weighted by Crippen LogP contribution is -2.16. The van der Waals surface area contributed by atoms with Crippen LogP contribution in [-0.4, -0.2) is 14.9 Å². The molecule has 0 aliphatic heterocycles. The van der Waals surface area contributed by atoms with Crippen LogP contribution in [0.15, 0.2) is 60.9 Å². The number of hydrogen-bond acceptors (Lipinski definition) is 1. The van der Waals surface area contributed by atoms with Crippen LogP contribution in [0.4, 0.5) is 0 Å². The van der Waals surface area contributed by atoms with E-state index in [-0.39, 0.29) is 11.4 Å². The zero-order chi connectivity index (χ0) is 16.5. The van der Waals surface area contributed by atoms with Crippen LogP contribution in [0.5, 0.6) is 0 Å². The van der Waals surface area contributed by atoms with Crippen LogP contribution in [0.2, 0.25) is 5.28 Å². The van der Waals surface area contributed by atoms with Crippen molar-refractivity contribution in [3.05, 3.63) is 88.5 Å². The van der Waals surface area contributed by atoms with Gasteiger partial charge < -0.3 is 4.57 Å². The van der Waals surface area contributed by atoms with E-state index >= 15 is 0 Å². The smallest absolute Gasteiger partial charge is 0.203 e. The molecule has 0 fully saturated rings. The normalized spacial score (nSPS) is 18.2. The van der Waals surface area contributed by atoms with Gasteiger partial charge in [0.1, 0.15) is 0 Å². The zero-order valence-electron chi connectivity index (χ0n) is 13.2. The van der Waals surface area contributed by atoms with E-state index in [1.165, 1.54) is 22.3 Å². The summed E-state index contributed by atoms with van der Waals surface area (Å²) >= 11 is 12.6. The summed E-state index contributed by atoms with van der Waals surface area (Å²) in [5.74, 6) is 0. The Balaban J connectivity index is 1.81. The van der Waals surface area contributed by atoms with Crippen molar-refractivity contribution in [3.8, 4) is 0 Å². The lowest BCUT2D eigenvalue weighted by atomic mass is 9.87. The standard InChI is InChI=1S/C20H18Cl2N2/c21-18-9-8-15-12-17(7-6-16(15)13-18)19(14-4-2-1-3-5-14)24-11-10-23-20(24)22/h1-7,10-12,18-19H,8-9,13H2. The fourth-order valence-corrected chi connectivity index (χ4v) is 4.02. The number of rotatable bonds is 3. The van der Waals surface area contributed by atoms with Crippen LogP contribution in [-0.2, 0) is 12.8 Å². The Morgan fingerprint density at radius 1 is 1.04 bits per heavy atom. The first-order valence-electron chi connectivity index (χ1n) is 8.21. The van der Waals surface area contributed by atoms with Gasteiger partial charge in [0.2, 0.25) is 5.28 Å². The number of imidazole rings is 1. The summed E-state index contributed by atoms with van der Waals surface area (Å²) in [6, 6.07) is 17.2. The molecule has 0 radical (unpaired) electrons. The Morgan fingerprint density at radius 3 is 2.62 bits per heavy atom. The highest BCUT2D eigenvalue weighted by atomic mass is 35.5. The van der Waals surface area contributed by atoms with Crippen LogP contribution in [0, 0.1) is 0 Å². The van der Waals surface area contributed by atoms with Gasteiger partial charge in [0, 0.05) is 17.8 Å². The molecule has 2 atom stereocenters. The molecule has 0 amide bonds. The predicted molar refractivity (Wildman–Crippen MR) is 99.0 cm³/mol. The van der Waals surface area contributed by atoms with E-state index in [1.54, 1.807) is 6.20 Å². The Morgan fingerprint density at radius 2 is 1.88 bits per heavy atom. The van der Waals surface area contributed by atoms with Gasteiger partial charge in [-0.25, -0.2) is 4.98 Å². The molecule has 0 saturated heterocycles. The number of hydrogen-bond donors (Lipinski definition) is 0. The third kappa shape index (κ3) is 2.97. The number of aromatic nitrogens is 2. The van der Waals surface area contributed by atoms with Crippen LogP contribution >= 0.6 is 23.2 Å². The van der Waals surface area contributed by atoms with Gasteiger partial charge in [0.05, 0.1) is 6.04 Å². The fourth-order valence-electron chi connectivity index (χ4n) is 3.54. The number of fused-ring (bicyclic) bond motifs is 1. The highest BCUT2D eigenvalue weighted by molar-refractivity contribution is 6.28. The van der Waals surface area contributed by atoms with Gasteiger partial charge in [-0.1, -0.05) is 48.5 Å². The van der Waals surface area contributed by atoms with Crippen LogP contribution in [0.1, 0.15) is 34.7 Å². The monoisotopic (exact) mass is 356 g/mol. The number of nitrogens with zero attached hydrogens (tertiary/aromatic N) is 2. The van der Waals surface area contributed by atoms with Crippen LogP contribution in [0.3, 0.4) is 0 Å². The fraction of sp³-hybridized carbons (Fsp3) is 0.250. The maximum absolute atomic E-state index is 6.33. The second-order valence-corrected chi connectivity index (χ2v) is 7.24. The van der Waals surface area contributed by atoms with Crippen molar-refractivity contribution in [1.82, 2.24) is 9.55 Å². The Bertz CT molecular complexity index is 842. The second kappa shape index (κ2) is 6.62. The Hall–Kier alpha value is -1.77. The summed E-state index contributed by atoms with van der Waals surface area (Å²) in [7, 11) is 0. The van der Waals surface area contributed by atoms with Crippen LogP contribution in [0.25, 0.3) is 0 Å². The van der Waals surface area contributed by atoms with Gasteiger partial charge in [-0.15, -0.1) is 11.6 Å². The van der Waals surface area contributed by atoms with Crippen molar-refractivity contribution >= 4 is 23.2 Å². The molecule has 3 aromatic rings. The molecule has 122 valence electrons. The molecule has 24 heavy (non-hydrogen) atoms. The van der Waals surface area contributed by atoms with Gasteiger partial charge in [-0.05, 0) is 53.1 Å². The highest BCUT2D eigenvalue weighted by Gasteiger charge is 2.22. The van der Waals surface area contributed by atoms with Crippen molar-refractivity contribution in [1.29, 1.82) is 0 Å². The largest absolute Gasteiger partial charge is 0.310 e. The number of aryl methyl sites for hydroxylation is 1. The van der Waals surface area contributed by atoms with Crippen molar-refractivity contribution in [2.75, 3.05) is 0 Å². The average Bonchev–Trinajstić information content (AvgIpc) is 3.02. The quantitative estimate of drug-likeness (QED) is 0.584. The van der Waals surface area contributed by atoms with E-state index in [2.05, 4.69) is 47.4 Å². The van der Waals surface area contributed by atoms with Gasteiger partial charge in [0.15, 0.2) is 0 Å². The van der Waals surface area contributed by atoms with E-state index < -0.39 is 0 Å². The first kappa shape index (κ1) is 15.7. The zero-order valence-corrected chi connectivity index (χ0v) is 14.7. The maximum Gasteiger partial charge on any atom is 0.203 e. The van der Waals surface area contributed by atoms with Crippen LogP contribution < -0.4 is 0 Å². The number of alkyl halides is 1. The number of halogens is 2. The maximum atomic E-state index is 6.33. The van der Waals surface area contributed by atoms with E-state index in [1.807, 2.05) is 16.8 Å². The van der Waals surface area contributed by atoms with Gasteiger partial charge in [-0.2, -0.15) is 0 Å². The lowest BCUT2D eigenvalue weighted by Gasteiger charge is -2.25. The molecule has 0 bridgehead atoms. The topological polar surface area (TPSA) is 17.8 Å². The average molecular weight is 357 g/mol. The van der Waals surface area contributed by atoms with Gasteiger partial charge >= 0.3 is 0 Å². The summed E-state index contributed by atoms with van der Waals surface area (Å²) in [6.45, 7) is 0. The van der Waals surface area contributed by atoms with Gasteiger partial charge in [0.25, 0.3) is 0 Å². The van der Waals surface area contributed by atoms with Gasteiger partial charge in [-0.3, -0.25) is 0 Å². The molecule has 1 heterocycles. The van der Waals surface area contributed by atoms with E-state index in [0.29, 0.717) is 5.28 Å². The molecule has 1 aliphatic rings. The summed E-state index contributed by atoms with van der Waals surface area (Å²) in [4.78, 5) is 4.20. The lowest BCUT2D eigenvalue weighted by molar-refractivity contribution is 0.664. The minimum Gasteiger partial charge on any atom is -0.310 e. The third-order valence-corrected chi connectivity index (χ3v) is 5.39. The highest BCUT2D eigenvalue weighted by Crippen LogP contribution is 2.33. The molecular formula is C20H18Cl2N2.